The first-order valence-electron chi connectivity index (χ1n) is 4.84. The predicted molar refractivity (Wildman–Crippen MR) is 60.6 cm³/mol. The van der Waals surface area contributed by atoms with Crippen molar-refractivity contribution in [3.05, 3.63) is 24.4 Å². The molecule has 0 N–H and O–H groups in total. The molecule has 0 fully saturated rings. The Morgan fingerprint density at radius 1 is 1.31 bits per heavy atom. The Morgan fingerprint density at radius 3 is 2.00 bits per heavy atom. The van der Waals surface area contributed by atoms with Crippen molar-refractivity contribution in [3.63, 3.8) is 0 Å². The Labute approximate surface area is 83.1 Å². The Hall–Kier alpha value is -0.720. The maximum Gasteiger partial charge on any atom is 0.0187 e. The minimum atomic E-state index is 0.206. The molecule has 0 rings (SSSR count). The van der Waals surface area contributed by atoms with Gasteiger partial charge in [-0.2, -0.15) is 0 Å². The number of nitrogens with zero attached hydrogens (tertiary/aromatic N) is 1. The van der Waals surface area contributed by atoms with Crippen LogP contribution < -0.4 is 0 Å². The van der Waals surface area contributed by atoms with E-state index in [1.807, 2.05) is 6.08 Å². The molecule has 0 unspecified atom stereocenters. The zero-order valence-corrected chi connectivity index (χ0v) is 9.89. The second kappa shape index (κ2) is 4.50. The number of hydrogen-bond donors (Lipinski definition) is 0. The van der Waals surface area contributed by atoms with Crippen LogP contribution in [0.15, 0.2) is 24.4 Å². The smallest absolute Gasteiger partial charge is 0.0187 e. The van der Waals surface area contributed by atoms with Crippen molar-refractivity contribution in [1.29, 1.82) is 0 Å². The SMILES string of the molecule is C=C/C=C(/N(C)C)C(C)(C)C(C)C. The number of rotatable bonds is 4. The Bertz CT molecular complexity index is 197. The van der Waals surface area contributed by atoms with Crippen molar-refractivity contribution in [3.8, 4) is 0 Å². The van der Waals surface area contributed by atoms with E-state index < -0.39 is 0 Å². The summed E-state index contributed by atoms with van der Waals surface area (Å²) in [5.74, 6) is 0.626. The van der Waals surface area contributed by atoms with Gasteiger partial charge in [0.1, 0.15) is 0 Å². The van der Waals surface area contributed by atoms with Crippen molar-refractivity contribution in [2.24, 2.45) is 11.3 Å². The van der Waals surface area contributed by atoms with Gasteiger partial charge in [-0.1, -0.05) is 40.3 Å². The molecule has 0 amide bonds. The molecule has 0 aromatic carbocycles. The summed E-state index contributed by atoms with van der Waals surface area (Å²) in [5.41, 5.74) is 1.54. The first kappa shape index (κ1) is 12.3. The molecule has 0 spiro atoms. The molecule has 0 aliphatic rings. The third kappa shape index (κ3) is 2.91. The Kier molecular flexibility index (Phi) is 4.25. The number of allylic oxidation sites excluding steroid dienone is 3. The lowest BCUT2D eigenvalue weighted by Crippen LogP contribution is -2.30. The molecule has 0 radical (unpaired) electrons. The summed E-state index contributed by atoms with van der Waals surface area (Å²) in [6.45, 7) is 12.8. The number of hydrogen-bond acceptors (Lipinski definition) is 1. The van der Waals surface area contributed by atoms with Crippen LogP contribution in [0, 0.1) is 11.3 Å². The average molecular weight is 181 g/mol. The van der Waals surface area contributed by atoms with Crippen LogP contribution in [0.2, 0.25) is 0 Å². The fourth-order valence-corrected chi connectivity index (χ4v) is 1.35. The van der Waals surface area contributed by atoms with Crippen LogP contribution >= 0.6 is 0 Å². The van der Waals surface area contributed by atoms with Gasteiger partial charge < -0.3 is 4.90 Å². The summed E-state index contributed by atoms with van der Waals surface area (Å²) < 4.78 is 0. The summed E-state index contributed by atoms with van der Waals surface area (Å²) in [6.07, 6.45) is 3.96. The van der Waals surface area contributed by atoms with E-state index in [2.05, 4.69) is 59.3 Å². The first-order valence-corrected chi connectivity index (χ1v) is 4.84. The molecule has 0 aromatic heterocycles. The summed E-state index contributed by atoms with van der Waals surface area (Å²) in [4.78, 5) is 2.17. The molecular weight excluding hydrogens is 158 g/mol. The van der Waals surface area contributed by atoms with E-state index in [1.165, 1.54) is 5.70 Å². The molecule has 0 atom stereocenters. The highest BCUT2D eigenvalue weighted by atomic mass is 15.1. The van der Waals surface area contributed by atoms with Crippen LogP contribution in [0.4, 0.5) is 0 Å². The van der Waals surface area contributed by atoms with Gasteiger partial charge >= 0.3 is 0 Å². The van der Waals surface area contributed by atoms with E-state index in [1.54, 1.807) is 0 Å². The van der Waals surface area contributed by atoms with Gasteiger partial charge in [0.15, 0.2) is 0 Å². The lowest BCUT2D eigenvalue weighted by molar-refractivity contribution is 0.244. The van der Waals surface area contributed by atoms with E-state index in [0.717, 1.165) is 0 Å². The van der Waals surface area contributed by atoms with E-state index in [-0.39, 0.29) is 5.41 Å². The molecule has 0 heterocycles. The van der Waals surface area contributed by atoms with Crippen molar-refractivity contribution in [1.82, 2.24) is 4.90 Å². The third-order valence-corrected chi connectivity index (χ3v) is 2.86. The van der Waals surface area contributed by atoms with Crippen molar-refractivity contribution in [2.75, 3.05) is 14.1 Å². The predicted octanol–water partition coefficient (Wildman–Crippen LogP) is 3.30. The molecule has 0 aliphatic heterocycles. The molecular formula is C12H23N. The molecule has 0 saturated heterocycles. The Balaban J connectivity index is 4.95. The summed E-state index contributed by atoms with van der Waals surface area (Å²) in [7, 11) is 4.17. The molecule has 13 heavy (non-hydrogen) atoms. The molecule has 76 valence electrons. The average Bonchev–Trinajstić information content (AvgIpc) is 1.98. The quantitative estimate of drug-likeness (QED) is 0.601. The normalized spacial score (nSPS) is 13.3. The molecule has 0 aromatic rings. The zero-order chi connectivity index (χ0) is 10.6. The largest absolute Gasteiger partial charge is 0.381 e. The van der Waals surface area contributed by atoms with E-state index in [4.69, 9.17) is 0 Å². The monoisotopic (exact) mass is 181 g/mol. The third-order valence-electron chi connectivity index (χ3n) is 2.86. The molecule has 1 heteroatoms. The standard InChI is InChI=1S/C12H23N/c1-8-9-11(13(6)7)12(4,5)10(2)3/h8-10H,1H2,2-7H3/b11-9+. The van der Waals surface area contributed by atoms with E-state index >= 15 is 0 Å². The highest BCUT2D eigenvalue weighted by Crippen LogP contribution is 2.35. The molecule has 1 nitrogen and oxygen atoms in total. The highest BCUT2D eigenvalue weighted by Gasteiger charge is 2.27. The second-order valence-corrected chi connectivity index (χ2v) is 4.56. The second-order valence-electron chi connectivity index (χ2n) is 4.56. The fraction of sp³-hybridized carbons (Fsp3) is 0.667. The lowest BCUT2D eigenvalue weighted by atomic mass is 9.77. The van der Waals surface area contributed by atoms with Gasteiger partial charge in [0.25, 0.3) is 0 Å². The highest BCUT2D eigenvalue weighted by molar-refractivity contribution is 5.16. The maximum atomic E-state index is 3.75. The summed E-state index contributed by atoms with van der Waals surface area (Å²) >= 11 is 0. The van der Waals surface area contributed by atoms with E-state index in [0.29, 0.717) is 5.92 Å². The van der Waals surface area contributed by atoms with Crippen LogP contribution in [0.1, 0.15) is 27.7 Å². The van der Waals surface area contributed by atoms with Crippen molar-refractivity contribution < 1.29 is 0 Å². The van der Waals surface area contributed by atoms with Gasteiger partial charge in [-0.25, -0.2) is 0 Å². The summed E-state index contributed by atoms with van der Waals surface area (Å²) in [6, 6.07) is 0. The van der Waals surface area contributed by atoms with Crippen molar-refractivity contribution >= 4 is 0 Å². The van der Waals surface area contributed by atoms with Crippen LogP contribution in [0.3, 0.4) is 0 Å². The summed E-state index contributed by atoms with van der Waals surface area (Å²) in [5, 5.41) is 0. The minimum absolute atomic E-state index is 0.206. The van der Waals surface area contributed by atoms with Crippen LogP contribution in [-0.2, 0) is 0 Å². The van der Waals surface area contributed by atoms with Crippen LogP contribution in [-0.4, -0.2) is 19.0 Å². The van der Waals surface area contributed by atoms with Gasteiger partial charge in [0, 0.05) is 25.2 Å². The Morgan fingerprint density at radius 2 is 1.77 bits per heavy atom. The lowest BCUT2D eigenvalue weighted by Gasteiger charge is -2.36. The van der Waals surface area contributed by atoms with Gasteiger partial charge in [-0.15, -0.1) is 0 Å². The van der Waals surface area contributed by atoms with E-state index in [9.17, 15) is 0 Å². The topological polar surface area (TPSA) is 3.24 Å². The first-order chi connectivity index (χ1) is 5.84. The van der Waals surface area contributed by atoms with Gasteiger partial charge in [-0.05, 0) is 12.0 Å². The van der Waals surface area contributed by atoms with Crippen LogP contribution in [0.25, 0.3) is 0 Å². The van der Waals surface area contributed by atoms with Crippen LogP contribution in [0.5, 0.6) is 0 Å². The minimum Gasteiger partial charge on any atom is -0.381 e. The molecule has 0 aliphatic carbocycles. The fourth-order valence-electron chi connectivity index (χ4n) is 1.35. The maximum absolute atomic E-state index is 3.75. The van der Waals surface area contributed by atoms with Gasteiger partial charge in [0.05, 0.1) is 0 Å². The van der Waals surface area contributed by atoms with Crippen molar-refractivity contribution in [2.45, 2.75) is 27.7 Å². The van der Waals surface area contributed by atoms with Gasteiger partial charge in [-0.3, -0.25) is 0 Å². The zero-order valence-electron chi connectivity index (χ0n) is 9.89. The molecule has 0 bridgehead atoms. The van der Waals surface area contributed by atoms with Gasteiger partial charge in [0.2, 0.25) is 0 Å². The molecule has 0 saturated carbocycles.